The summed E-state index contributed by atoms with van der Waals surface area (Å²) in [6, 6.07) is 13.6. The van der Waals surface area contributed by atoms with Crippen LogP contribution < -0.4 is 10.9 Å². The Labute approximate surface area is 169 Å². The third-order valence-corrected chi connectivity index (χ3v) is 5.20. The number of hydrogen-bond donors (Lipinski definition) is 1. The summed E-state index contributed by atoms with van der Waals surface area (Å²) in [5.41, 5.74) is 1.30. The summed E-state index contributed by atoms with van der Waals surface area (Å²) in [5.74, 6) is -0.577. The SMILES string of the molecule is Cc1nn2c(SCC(=O)NCc3ccccc3F)nc3ccccc3c2nc1=O. The molecular weight excluding hydrogens is 393 g/mol. The zero-order chi connectivity index (χ0) is 20.4. The van der Waals surface area contributed by atoms with E-state index < -0.39 is 5.56 Å². The number of rotatable bonds is 5. The minimum absolute atomic E-state index is 0.0573. The number of fused-ring (bicyclic) bond motifs is 3. The van der Waals surface area contributed by atoms with Gasteiger partial charge in [0.2, 0.25) is 5.91 Å². The standard InChI is InChI=1S/C20H16FN5O2S/c1-12-19(28)24-18-14-7-3-5-9-16(14)23-20(26(18)25-12)29-11-17(27)22-10-13-6-2-4-8-15(13)21/h2-9H,10-11H2,1H3,(H,22,27). The molecule has 0 saturated heterocycles. The average Bonchev–Trinajstić information content (AvgIpc) is 2.72. The first-order chi connectivity index (χ1) is 14.0. The fourth-order valence-electron chi connectivity index (χ4n) is 2.79. The molecule has 2 aromatic carbocycles. The summed E-state index contributed by atoms with van der Waals surface area (Å²) in [6.45, 7) is 1.68. The van der Waals surface area contributed by atoms with Crippen LogP contribution in [0.15, 0.2) is 58.5 Å². The van der Waals surface area contributed by atoms with Crippen LogP contribution in [0.25, 0.3) is 16.6 Å². The van der Waals surface area contributed by atoms with Gasteiger partial charge < -0.3 is 5.32 Å². The van der Waals surface area contributed by atoms with Gasteiger partial charge in [-0.05, 0) is 25.1 Å². The van der Waals surface area contributed by atoms with Gasteiger partial charge in [0, 0.05) is 17.5 Å². The number of halogens is 1. The minimum atomic E-state index is -0.403. The van der Waals surface area contributed by atoms with E-state index in [1.165, 1.54) is 22.3 Å². The Morgan fingerprint density at radius 3 is 2.72 bits per heavy atom. The van der Waals surface area contributed by atoms with Crippen molar-refractivity contribution >= 4 is 34.2 Å². The van der Waals surface area contributed by atoms with Crippen molar-refractivity contribution in [3.8, 4) is 0 Å². The van der Waals surface area contributed by atoms with E-state index in [-0.39, 0.29) is 29.7 Å². The summed E-state index contributed by atoms with van der Waals surface area (Å²) in [6.07, 6.45) is 0. The van der Waals surface area contributed by atoms with Crippen LogP contribution in [0.1, 0.15) is 11.3 Å². The second kappa shape index (κ2) is 7.96. The van der Waals surface area contributed by atoms with Crippen molar-refractivity contribution in [2.45, 2.75) is 18.6 Å². The van der Waals surface area contributed by atoms with Gasteiger partial charge in [-0.2, -0.15) is 14.6 Å². The molecule has 4 rings (SSSR count). The lowest BCUT2D eigenvalue weighted by Gasteiger charge is -2.10. The molecule has 0 fully saturated rings. The monoisotopic (exact) mass is 409 g/mol. The molecule has 0 bridgehead atoms. The van der Waals surface area contributed by atoms with E-state index in [0.29, 0.717) is 27.3 Å². The highest BCUT2D eigenvalue weighted by Crippen LogP contribution is 2.22. The normalized spacial score (nSPS) is 11.1. The van der Waals surface area contributed by atoms with Crippen molar-refractivity contribution in [2.24, 2.45) is 0 Å². The first-order valence-electron chi connectivity index (χ1n) is 8.82. The molecule has 0 radical (unpaired) electrons. The lowest BCUT2D eigenvalue weighted by molar-refractivity contribution is -0.118. The Bertz CT molecular complexity index is 1290. The number of benzene rings is 2. The van der Waals surface area contributed by atoms with Crippen molar-refractivity contribution in [2.75, 3.05) is 5.75 Å². The van der Waals surface area contributed by atoms with Crippen molar-refractivity contribution < 1.29 is 9.18 Å². The van der Waals surface area contributed by atoms with E-state index in [4.69, 9.17) is 0 Å². The zero-order valence-corrected chi connectivity index (χ0v) is 16.2. The summed E-state index contributed by atoms with van der Waals surface area (Å²) >= 11 is 1.17. The van der Waals surface area contributed by atoms with E-state index in [1.807, 2.05) is 24.3 Å². The highest BCUT2D eigenvalue weighted by atomic mass is 32.2. The van der Waals surface area contributed by atoms with Gasteiger partial charge in [0.05, 0.1) is 11.3 Å². The van der Waals surface area contributed by atoms with Crippen molar-refractivity contribution in [3.05, 3.63) is 76.0 Å². The van der Waals surface area contributed by atoms with Crippen LogP contribution in [-0.4, -0.2) is 31.2 Å². The maximum atomic E-state index is 13.7. The van der Waals surface area contributed by atoms with E-state index >= 15 is 0 Å². The number of carbonyl (C=O) groups excluding carboxylic acids is 1. The largest absolute Gasteiger partial charge is 0.351 e. The number of nitrogens with one attached hydrogen (secondary N) is 1. The number of aryl methyl sites for hydroxylation is 1. The first kappa shape index (κ1) is 19.0. The molecule has 0 spiro atoms. The fraction of sp³-hybridized carbons (Fsp3) is 0.150. The number of nitrogens with zero attached hydrogens (tertiary/aromatic N) is 4. The number of aromatic nitrogens is 4. The summed E-state index contributed by atoms with van der Waals surface area (Å²) in [4.78, 5) is 32.9. The Morgan fingerprint density at radius 2 is 1.90 bits per heavy atom. The topological polar surface area (TPSA) is 89.2 Å². The van der Waals surface area contributed by atoms with E-state index in [9.17, 15) is 14.0 Å². The van der Waals surface area contributed by atoms with Crippen molar-refractivity contribution in [1.82, 2.24) is 24.9 Å². The van der Waals surface area contributed by atoms with Crippen LogP contribution in [0, 0.1) is 12.7 Å². The number of hydrogen-bond acceptors (Lipinski definition) is 6. The third-order valence-electron chi connectivity index (χ3n) is 4.28. The van der Waals surface area contributed by atoms with Crippen LogP contribution in [0.2, 0.25) is 0 Å². The Morgan fingerprint density at radius 1 is 1.14 bits per heavy atom. The molecule has 0 unspecified atom stereocenters. The molecule has 0 aliphatic carbocycles. The van der Waals surface area contributed by atoms with Gasteiger partial charge in [-0.1, -0.05) is 42.1 Å². The molecule has 0 atom stereocenters. The maximum Gasteiger partial charge on any atom is 0.294 e. The predicted octanol–water partition coefficient (Wildman–Crippen LogP) is 2.49. The minimum Gasteiger partial charge on any atom is -0.351 e. The second-order valence-electron chi connectivity index (χ2n) is 6.31. The van der Waals surface area contributed by atoms with Gasteiger partial charge in [0.1, 0.15) is 11.5 Å². The lowest BCUT2D eigenvalue weighted by Crippen LogP contribution is -2.25. The van der Waals surface area contributed by atoms with Gasteiger partial charge >= 0.3 is 0 Å². The van der Waals surface area contributed by atoms with Crippen LogP contribution >= 0.6 is 11.8 Å². The van der Waals surface area contributed by atoms with E-state index in [0.717, 1.165) is 0 Å². The zero-order valence-electron chi connectivity index (χ0n) is 15.4. The Balaban J connectivity index is 1.58. The lowest BCUT2D eigenvalue weighted by atomic mass is 10.2. The van der Waals surface area contributed by atoms with Gasteiger partial charge in [-0.15, -0.1) is 0 Å². The molecule has 0 aliphatic rings. The molecule has 1 N–H and O–H groups in total. The quantitative estimate of drug-likeness (QED) is 0.310. The highest BCUT2D eigenvalue weighted by molar-refractivity contribution is 7.99. The van der Waals surface area contributed by atoms with Gasteiger partial charge in [-0.25, -0.2) is 9.37 Å². The Hall–Kier alpha value is -3.33. The molecular formula is C20H16FN5O2S. The number of amides is 1. The van der Waals surface area contributed by atoms with Crippen molar-refractivity contribution in [3.63, 3.8) is 0 Å². The number of thioether (sulfide) groups is 1. The fourth-order valence-corrected chi connectivity index (χ4v) is 3.57. The molecule has 29 heavy (non-hydrogen) atoms. The second-order valence-corrected chi connectivity index (χ2v) is 7.25. The van der Waals surface area contributed by atoms with Crippen LogP contribution in [0.5, 0.6) is 0 Å². The van der Waals surface area contributed by atoms with Crippen LogP contribution in [0.4, 0.5) is 4.39 Å². The molecule has 7 nitrogen and oxygen atoms in total. The average molecular weight is 409 g/mol. The number of para-hydroxylation sites is 1. The maximum absolute atomic E-state index is 13.7. The molecule has 4 aromatic rings. The van der Waals surface area contributed by atoms with Gasteiger partial charge in [0.15, 0.2) is 10.8 Å². The van der Waals surface area contributed by atoms with Gasteiger partial charge in [0.25, 0.3) is 5.56 Å². The van der Waals surface area contributed by atoms with Crippen LogP contribution in [0.3, 0.4) is 0 Å². The smallest absolute Gasteiger partial charge is 0.294 e. The van der Waals surface area contributed by atoms with Crippen LogP contribution in [-0.2, 0) is 11.3 Å². The van der Waals surface area contributed by atoms with E-state index in [1.54, 1.807) is 25.1 Å². The molecule has 2 aromatic heterocycles. The molecule has 2 heterocycles. The van der Waals surface area contributed by atoms with E-state index in [2.05, 4.69) is 20.4 Å². The predicted molar refractivity (Wildman–Crippen MR) is 108 cm³/mol. The molecule has 9 heteroatoms. The Kier molecular flexibility index (Phi) is 5.22. The van der Waals surface area contributed by atoms with Gasteiger partial charge in [-0.3, -0.25) is 9.59 Å². The highest BCUT2D eigenvalue weighted by Gasteiger charge is 2.14. The summed E-state index contributed by atoms with van der Waals surface area (Å²) in [7, 11) is 0. The number of carbonyl (C=O) groups is 1. The van der Waals surface area contributed by atoms with Crippen molar-refractivity contribution in [1.29, 1.82) is 0 Å². The molecule has 0 saturated carbocycles. The molecule has 0 aliphatic heterocycles. The molecule has 146 valence electrons. The third kappa shape index (κ3) is 3.95. The molecule has 1 amide bonds. The summed E-state index contributed by atoms with van der Waals surface area (Å²) in [5, 5.41) is 8.12. The first-order valence-corrected chi connectivity index (χ1v) is 9.81. The summed E-state index contributed by atoms with van der Waals surface area (Å²) < 4.78 is 15.2.